The molecule has 0 unspecified atom stereocenters. The molecule has 12 heteroatoms. The largest absolute Gasteiger partial charge is 0.450 e. The third kappa shape index (κ3) is 12.7. The van der Waals surface area contributed by atoms with E-state index in [2.05, 4.69) is 47.1 Å². The average molecular weight is 876 g/mol. The van der Waals surface area contributed by atoms with Gasteiger partial charge in [0, 0.05) is 68.3 Å². The molecule has 3 aromatic carbocycles. The molecule has 5 amide bonds. The van der Waals surface area contributed by atoms with E-state index in [0.29, 0.717) is 24.3 Å². The first-order chi connectivity index (χ1) is 31.2. The summed E-state index contributed by atoms with van der Waals surface area (Å²) in [6, 6.07) is 26.2. The van der Waals surface area contributed by atoms with Crippen LogP contribution in [0, 0.1) is 11.8 Å². The second kappa shape index (κ2) is 23.1. The lowest BCUT2D eigenvalue weighted by Crippen LogP contribution is -2.44. The minimum atomic E-state index is -0.701. The standard InChI is InChI=1S/C52H69N5O7/c1-3-4-5-6-7-8-9-10-11-12-13-20-29-64-52(62)55-46-34-57(35-47(46)63-2)51(61)39-27-25-38(26-28-39)50(60)56-32-42(48(58)53-44-30-40(44)36-21-16-14-17-22-36)43(33-56)49(59)54-45-31-41(45)37-23-18-15-19-24-37/h14-19,21-28,40-47H,3-13,20,29-35H2,1-2H3,(H,53,58)(H,54,59)(H,55,62)/t40-,41-,42-,43-,44+,45+,46+,47+/m1/s1. The topological polar surface area (TPSA) is 146 Å². The van der Waals surface area contributed by atoms with Gasteiger partial charge in [-0.2, -0.15) is 0 Å². The van der Waals surface area contributed by atoms with E-state index in [1.54, 1.807) is 41.2 Å². The van der Waals surface area contributed by atoms with Gasteiger partial charge in [0.2, 0.25) is 11.8 Å². The fourth-order valence-electron chi connectivity index (χ4n) is 9.67. The Labute approximate surface area is 379 Å². The first-order valence-corrected chi connectivity index (χ1v) is 24.1. The van der Waals surface area contributed by atoms with Gasteiger partial charge in [0.1, 0.15) is 0 Å². The lowest BCUT2D eigenvalue weighted by molar-refractivity contribution is -0.133. The zero-order chi connectivity index (χ0) is 44.8. The van der Waals surface area contributed by atoms with Crippen molar-refractivity contribution in [1.29, 1.82) is 0 Å². The number of likely N-dealkylation sites (tertiary alicyclic amines) is 2. The lowest BCUT2D eigenvalue weighted by Gasteiger charge is -2.18. The van der Waals surface area contributed by atoms with Gasteiger partial charge in [0.15, 0.2) is 0 Å². The first-order valence-electron chi connectivity index (χ1n) is 24.1. The van der Waals surface area contributed by atoms with E-state index in [1.807, 2.05) is 36.4 Å². The predicted octanol–water partition coefficient (Wildman–Crippen LogP) is 7.99. The Morgan fingerprint density at radius 1 is 0.531 bits per heavy atom. The number of amides is 5. The SMILES string of the molecule is CCCCCCCCCCCCCCOC(=O)N[C@H]1CN(C(=O)c2ccc(C(=O)N3C[C@@H](C(=O)N[C@H]4C[C@@H]4c4ccccc4)[C@H](C(=O)N[C@H]4C[C@@H]4c4ccccc4)C3)cc2)C[C@@H]1OC. The van der Waals surface area contributed by atoms with E-state index in [0.717, 1.165) is 32.1 Å². The van der Waals surface area contributed by atoms with Gasteiger partial charge >= 0.3 is 6.09 Å². The highest BCUT2D eigenvalue weighted by atomic mass is 16.5. The summed E-state index contributed by atoms with van der Waals surface area (Å²) >= 11 is 0. The van der Waals surface area contributed by atoms with Crippen molar-refractivity contribution in [3.05, 3.63) is 107 Å². The monoisotopic (exact) mass is 876 g/mol. The summed E-state index contributed by atoms with van der Waals surface area (Å²) in [6.07, 6.45) is 15.6. The lowest BCUT2D eigenvalue weighted by atomic mass is 9.94. The maximum absolute atomic E-state index is 14.0. The molecule has 344 valence electrons. The average Bonchev–Trinajstić information content (AvgIpc) is 4.17. The second-order valence-corrected chi connectivity index (χ2v) is 18.5. The first kappa shape index (κ1) is 46.8. The summed E-state index contributed by atoms with van der Waals surface area (Å²) in [5, 5.41) is 9.27. The predicted molar refractivity (Wildman–Crippen MR) is 247 cm³/mol. The number of unbranched alkanes of at least 4 members (excludes halogenated alkanes) is 11. The van der Waals surface area contributed by atoms with Gasteiger partial charge in [-0.1, -0.05) is 138 Å². The third-order valence-electron chi connectivity index (χ3n) is 13.7. The molecule has 64 heavy (non-hydrogen) atoms. The Morgan fingerprint density at radius 3 is 1.42 bits per heavy atom. The van der Waals surface area contributed by atoms with Crippen LogP contribution in [0.5, 0.6) is 0 Å². The van der Waals surface area contributed by atoms with Crippen molar-refractivity contribution in [2.75, 3.05) is 39.9 Å². The molecule has 4 fully saturated rings. The number of hydrogen-bond donors (Lipinski definition) is 3. The number of carbonyl (C=O) groups is 5. The van der Waals surface area contributed by atoms with Crippen molar-refractivity contribution in [3.8, 4) is 0 Å². The van der Waals surface area contributed by atoms with Crippen molar-refractivity contribution < 1.29 is 33.4 Å². The maximum Gasteiger partial charge on any atom is 0.407 e. The minimum Gasteiger partial charge on any atom is -0.450 e. The summed E-state index contributed by atoms with van der Waals surface area (Å²) in [5.41, 5.74) is 3.11. The molecule has 0 radical (unpaired) electrons. The van der Waals surface area contributed by atoms with Crippen LogP contribution >= 0.6 is 0 Å². The Morgan fingerprint density at radius 2 is 0.969 bits per heavy atom. The molecule has 7 rings (SSSR count). The Kier molecular flexibility index (Phi) is 16.9. The van der Waals surface area contributed by atoms with Gasteiger partial charge in [-0.15, -0.1) is 0 Å². The number of ether oxygens (including phenoxy) is 2. The van der Waals surface area contributed by atoms with Gasteiger partial charge in [-0.05, 0) is 54.7 Å². The van der Waals surface area contributed by atoms with Crippen molar-refractivity contribution in [2.24, 2.45) is 11.8 Å². The molecule has 0 aromatic heterocycles. The fourth-order valence-corrected chi connectivity index (χ4v) is 9.67. The highest BCUT2D eigenvalue weighted by molar-refractivity contribution is 5.99. The Bertz CT molecular complexity index is 1920. The number of methoxy groups -OCH3 is 1. The minimum absolute atomic E-state index is 0.0112. The summed E-state index contributed by atoms with van der Waals surface area (Å²) in [5.74, 6) is -1.91. The number of nitrogens with one attached hydrogen (secondary N) is 3. The van der Waals surface area contributed by atoms with E-state index in [-0.39, 0.29) is 67.2 Å². The number of rotatable bonds is 23. The summed E-state index contributed by atoms with van der Waals surface area (Å²) in [7, 11) is 1.56. The Balaban J connectivity index is 0.874. The van der Waals surface area contributed by atoms with Gasteiger partial charge in [0.25, 0.3) is 11.8 Å². The molecule has 0 bridgehead atoms. The van der Waals surface area contributed by atoms with E-state index < -0.39 is 30.1 Å². The molecule has 2 aliphatic heterocycles. The zero-order valence-corrected chi connectivity index (χ0v) is 37.9. The molecule has 0 spiro atoms. The van der Waals surface area contributed by atoms with Crippen LogP contribution in [0.3, 0.4) is 0 Å². The van der Waals surface area contributed by atoms with Crippen LogP contribution in [0.1, 0.15) is 140 Å². The van der Waals surface area contributed by atoms with Crippen LogP contribution in [0.2, 0.25) is 0 Å². The molecular formula is C52H69N5O7. The van der Waals surface area contributed by atoms with E-state index >= 15 is 0 Å². The molecule has 3 N–H and O–H groups in total. The van der Waals surface area contributed by atoms with Crippen molar-refractivity contribution in [1.82, 2.24) is 25.8 Å². The second-order valence-electron chi connectivity index (χ2n) is 18.5. The van der Waals surface area contributed by atoms with Crippen molar-refractivity contribution in [2.45, 2.75) is 133 Å². The van der Waals surface area contributed by atoms with Crippen LogP contribution in [0.15, 0.2) is 84.9 Å². The molecule has 2 aliphatic carbocycles. The smallest absolute Gasteiger partial charge is 0.407 e. The number of benzene rings is 3. The fraction of sp³-hybridized carbons (Fsp3) is 0.558. The van der Waals surface area contributed by atoms with Crippen LogP contribution < -0.4 is 16.0 Å². The van der Waals surface area contributed by atoms with Crippen molar-refractivity contribution in [3.63, 3.8) is 0 Å². The number of carbonyl (C=O) groups excluding carboxylic acids is 5. The molecular weight excluding hydrogens is 807 g/mol. The molecule has 2 heterocycles. The Hall–Kier alpha value is -5.23. The molecule has 2 saturated carbocycles. The van der Waals surface area contributed by atoms with Gasteiger partial charge < -0.3 is 35.2 Å². The van der Waals surface area contributed by atoms with Crippen LogP contribution in [-0.4, -0.2) is 104 Å². The van der Waals surface area contributed by atoms with E-state index in [9.17, 15) is 24.0 Å². The maximum atomic E-state index is 14.0. The number of nitrogens with zero attached hydrogens (tertiary/aromatic N) is 2. The summed E-state index contributed by atoms with van der Waals surface area (Å²) in [4.78, 5) is 71.4. The van der Waals surface area contributed by atoms with Crippen LogP contribution in [-0.2, 0) is 19.1 Å². The van der Waals surface area contributed by atoms with Crippen molar-refractivity contribution >= 4 is 29.7 Å². The van der Waals surface area contributed by atoms with Crippen LogP contribution in [0.4, 0.5) is 4.79 Å². The number of alkyl carbamates (subject to hydrolysis) is 1. The van der Waals surface area contributed by atoms with Crippen LogP contribution in [0.25, 0.3) is 0 Å². The molecule has 12 nitrogen and oxygen atoms in total. The highest BCUT2D eigenvalue weighted by Crippen LogP contribution is 2.42. The van der Waals surface area contributed by atoms with Gasteiger partial charge in [0.05, 0.1) is 30.6 Å². The summed E-state index contributed by atoms with van der Waals surface area (Å²) in [6.45, 7) is 3.37. The summed E-state index contributed by atoms with van der Waals surface area (Å²) < 4.78 is 11.1. The van der Waals surface area contributed by atoms with Gasteiger partial charge in [-0.3, -0.25) is 19.2 Å². The highest BCUT2D eigenvalue weighted by Gasteiger charge is 2.49. The van der Waals surface area contributed by atoms with E-state index in [4.69, 9.17) is 9.47 Å². The quantitative estimate of drug-likeness (QED) is 0.0820. The zero-order valence-electron chi connectivity index (χ0n) is 37.9. The number of hydrogen-bond acceptors (Lipinski definition) is 7. The molecule has 4 aliphatic rings. The normalized spacial score (nSPS) is 24.5. The molecule has 8 atom stereocenters. The van der Waals surface area contributed by atoms with E-state index in [1.165, 1.54) is 68.9 Å². The third-order valence-corrected chi connectivity index (χ3v) is 13.7. The molecule has 2 saturated heterocycles. The van der Waals surface area contributed by atoms with Gasteiger partial charge in [-0.25, -0.2) is 4.79 Å². The molecule has 3 aromatic rings.